The molecule has 0 amide bonds. The molecule has 0 aromatic heterocycles. The number of hydrogen-bond donors (Lipinski definition) is 2. The minimum atomic E-state index is -0.913. The van der Waals surface area contributed by atoms with Gasteiger partial charge in [0.05, 0.1) is 6.42 Å². The van der Waals surface area contributed by atoms with Gasteiger partial charge in [0.1, 0.15) is 5.75 Å². The van der Waals surface area contributed by atoms with E-state index in [1.807, 2.05) is 6.07 Å². The van der Waals surface area contributed by atoms with E-state index in [0.717, 1.165) is 43.4 Å². The van der Waals surface area contributed by atoms with E-state index >= 15 is 0 Å². The van der Waals surface area contributed by atoms with Crippen molar-refractivity contribution in [3.63, 3.8) is 0 Å². The Morgan fingerprint density at radius 3 is 2.87 bits per heavy atom. The van der Waals surface area contributed by atoms with E-state index in [9.17, 15) is 9.59 Å². The SMILES string of the molecule is CCCCCCC(CC(=O)O)C(=O)c1ccc2c(c1)CCNO2. The Bertz CT molecular complexity index is 556. The zero-order chi connectivity index (χ0) is 16.7. The average molecular weight is 319 g/mol. The summed E-state index contributed by atoms with van der Waals surface area (Å²) in [6, 6.07) is 5.36. The number of aliphatic carboxylic acids is 1. The number of benzene rings is 1. The second-order valence-electron chi connectivity index (χ2n) is 6.08. The molecule has 0 fully saturated rings. The van der Waals surface area contributed by atoms with Gasteiger partial charge in [-0.15, -0.1) is 0 Å². The molecule has 0 aliphatic carbocycles. The molecule has 5 heteroatoms. The van der Waals surface area contributed by atoms with Crippen molar-refractivity contribution in [3.05, 3.63) is 29.3 Å². The van der Waals surface area contributed by atoms with Crippen molar-refractivity contribution in [2.75, 3.05) is 6.54 Å². The summed E-state index contributed by atoms with van der Waals surface area (Å²) < 4.78 is 0. The number of hydrogen-bond acceptors (Lipinski definition) is 4. The molecule has 2 N–H and O–H groups in total. The summed E-state index contributed by atoms with van der Waals surface area (Å²) in [5, 5.41) is 9.09. The molecule has 23 heavy (non-hydrogen) atoms. The van der Waals surface area contributed by atoms with Gasteiger partial charge in [-0.3, -0.25) is 9.59 Å². The lowest BCUT2D eigenvalue weighted by Crippen LogP contribution is -2.27. The van der Waals surface area contributed by atoms with Crippen LogP contribution >= 0.6 is 0 Å². The van der Waals surface area contributed by atoms with Gasteiger partial charge in [-0.2, -0.15) is 5.48 Å². The maximum atomic E-state index is 12.7. The van der Waals surface area contributed by atoms with Gasteiger partial charge < -0.3 is 9.94 Å². The minimum Gasteiger partial charge on any atom is -0.481 e. The van der Waals surface area contributed by atoms with Crippen molar-refractivity contribution >= 4 is 11.8 Å². The largest absolute Gasteiger partial charge is 0.481 e. The normalized spacial score (nSPS) is 14.7. The number of ketones is 1. The number of hydroxylamine groups is 1. The van der Waals surface area contributed by atoms with Crippen molar-refractivity contribution in [1.82, 2.24) is 5.48 Å². The maximum Gasteiger partial charge on any atom is 0.304 e. The molecule has 0 spiro atoms. The molecule has 0 radical (unpaired) electrons. The van der Waals surface area contributed by atoms with Crippen molar-refractivity contribution in [3.8, 4) is 5.75 Å². The summed E-state index contributed by atoms with van der Waals surface area (Å²) in [6.45, 7) is 2.84. The van der Waals surface area contributed by atoms with E-state index < -0.39 is 11.9 Å². The Morgan fingerprint density at radius 2 is 2.13 bits per heavy atom. The molecule has 1 aromatic rings. The number of Topliss-reactive ketones (excluding diaryl/α,β-unsaturated/α-hetero) is 1. The van der Waals surface area contributed by atoms with Crippen molar-refractivity contribution in [2.24, 2.45) is 5.92 Å². The van der Waals surface area contributed by atoms with Crippen LogP contribution in [0, 0.1) is 5.92 Å². The maximum absolute atomic E-state index is 12.7. The van der Waals surface area contributed by atoms with E-state index in [1.165, 1.54) is 0 Å². The van der Waals surface area contributed by atoms with Gasteiger partial charge in [-0.25, -0.2) is 0 Å². The molecule has 0 saturated heterocycles. The van der Waals surface area contributed by atoms with Crippen LogP contribution in [-0.2, 0) is 11.2 Å². The number of carbonyl (C=O) groups excluding carboxylic acids is 1. The zero-order valence-corrected chi connectivity index (χ0v) is 13.6. The molecule has 1 unspecified atom stereocenters. The highest BCUT2D eigenvalue weighted by Gasteiger charge is 2.24. The van der Waals surface area contributed by atoms with Gasteiger partial charge in [0.25, 0.3) is 0 Å². The van der Waals surface area contributed by atoms with Crippen LogP contribution in [0.25, 0.3) is 0 Å². The van der Waals surface area contributed by atoms with Crippen molar-refractivity contribution in [1.29, 1.82) is 0 Å². The number of carboxylic acids is 1. The average Bonchev–Trinajstić information content (AvgIpc) is 2.56. The monoisotopic (exact) mass is 319 g/mol. The van der Waals surface area contributed by atoms with Crippen LogP contribution in [0.4, 0.5) is 0 Å². The summed E-state index contributed by atoms with van der Waals surface area (Å²) in [7, 11) is 0. The third-order valence-corrected chi connectivity index (χ3v) is 4.22. The molecule has 1 heterocycles. The molecular formula is C18H25NO4. The molecule has 1 aliphatic rings. The zero-order valence-electron chi connectivity index (χ0n) is 13.6. The summed E-state index contributed by atoms with van der Waals surface area (Å²) in [6.07, 6.45) is 5.53. The highest BCUT2D eigenvalue weighted by atomic mass is 16.6. The van der Waals surface area contributed by atoms with E-state index in [4.69, 9.17) is 9.94 Å². The van der Waals surface area contributed by atoms with Crippen LogP contribution < -0.4 is 10.3 Å². The van der Waals surface area contributed by atoms with Crippen LogP contribution in [0.15, 0.2) is 18.2 Å². The van der Waals surface area contributed by atoms with Crippen molar-refractivity contribution in [2.45, 2.75) is 51.9 Å². The summed E-state index contributed by atoms with van der Waals surface area (Å²) in [4.78, 5) is 29.1. The summed E-state index contributed by atoms with van der Waals surface area (Å²) in [5.74, 6) is -0.676. The predicted octanol–water partition coefficient (Wildman–Crippen LogP) is 3.37. The fourth-order valence-electron chi connectivity index (χ4n) is 2.93. The molecule has 1 aromatic carbocycles. The number of carboxylic acid groups (broad SMARTS) is 1. The van der Waals surface area contributed by atoms with E-state index in [0.29, 0.717) is 18.5 Å². The first kappa shape index (κ1) is 17.5. The molecule has 126 valence electrons. The molecular weight excluding hydrogens is 294 g/mol. The van der Waals surface area contributed by atoms with Gasteiger partial charge in [0.2, 0.25) is 0 Å². The molecule has 1 atom stereocenters. The Balaban J connectivity index is 2.07. The summed E-state index contributed by atoms with van der Waals surface area (Å²) >= 11 is 0. The second kappa shape index (κ2) is 8.67. The van der Waals surface area contributed by atoms with Gasteiger partial charge in [-0.1, -0.05) is 32.6 Å². The first-order chi connectivity index (χ1) is 11.1. The standard InChI is InChI=1S/C18H25NO4/c1-2-3-4-5-6-14(12-17(20)21)18(22)15-7-8-16-13(11-15)9-10-19-23-16/h7-8,11,14,19H,2-6,9-10,12H2,1H3,(H,20,21). The highest BCUT2D eigenvalue weighted by molar-refractivity contribution is 5.99. The predicted molar refractivity (Wildman–Crippen MR) is 87.6 cm³/mol. The van der Waals surface area contributed by atoms with E-state index in [-0.39, 0.29) is 12.2 Å². The Morgan fingerprint density at radius 1 is 1.30 bits per heavy atom. The number of nitrogens with one attached hydrogen (secondary N) is 1. The fourth-order valence-corrected chi connectivity index (χ4v) is 2.93. The van der Waals surface area contributed by atoms with Crippen LogP contribution in [0.2, 0.25) is 0 Å². The summed E-state index contributed by atoms with van der Waals surface area (Å²) in [5.41, 5.74) is 4.40. The lowest BCUT2D eigenvalue weighted by Gasteiger charge is -2.19. The van der Waals surface area contributed by atoms with E-state index in [1.54, 1.807) is 12.1 Å². The van der Waals surface area contributed by atoms with Gasteiger partial charge in [0.15, 0.2) is 5.78 Å². The number of unbranched alkanes of at least 4 members (excludes halogenated alkanes) is 3. The molecule has 2 rings (SSSR count). The lowest BCUT2D eigenvalue weighted by molar-refractivity contribution is -0.137. The smallest absolute Gasteiger partial charge is 0.304 e. The first-order valence-corrected chi connectivity index (χ1v) is 8.40. The number of rotatable bonds is 9. The van der Waals surface area contributed by atoms with Crippen LogP contribution in [-0.4, -0.2) is 23.4 Å². The Labute approximate surface area is 137 Å². The molecule has 5 nitrogen and oxygen atoms in total. The van der Waals surface area contributed by atoms with E-state index in [2.05, 4.69) is 12.4 Å². The minimum absolute atomic E-state index is 0.0646. The third-order valence-electron chi connectivity index (χ3n) is 4.22. The Hall–Kier alpha value is -1.88. The van der Waals surface area contributed by atoms with Crippen molar-refractivity contribution < 1.29 is 19.5 Å². The lowest BCUT2D eigenvalue weighted by atomic mass is 9.88. The number of carbonyl (C=O) groups is 2. The first-order valence-electron chi connectivity index (χ1n) is 8.40. The van der Waals surface area contributed by atoms with Crippen LogP contribution in [0.5, 0.6) is 5.75 Å². The van der Waals surface area contributed by atoms with Gasteiger partial charge in [-0.05, 0) is 36.6 Å². The molecule has 1 aliphatic heterocycles. The van der Waals surface area contributed by atoms with Crippen LogP contribution in [0.3, 0.4) is 0 Å². The van der Waals surface area contributed by atoms with Gasteiger partial charge in [0, 0.05) is 18.0 Å². The fraction of sp³-hybridized carbons (Fsp3) is 0.556. The number of fused-ring (bicyclic) bond motifs is 1. The Kier molecular flexibility index (Phi) is 6.59. The third kappa shape index (κ3) is 5.06. The quantitative estimate of drug-likeness (QED) is 0.539. The highest BCUT2D eigenvalue weighted by Crippen LogP contribution is 2.26. The molecule has 0 saturated carbocycles. The van der Waals surface area contributed by atoms with Crippen LogP contribution in [0.1, 0.15) is 61.4 Å². The topological polar surface area (TPSA) is 75.6 Å². The molecule has 0 bridgehead atoms. The van der Waals surface area contributed by atoms with Gasteiger partial charge >= 0.3 is 5.97 Å². The second-order valence-corrected chi connectivity index (χ2v) is 6.08.